The summed E-state index contributed by atoms with van der Waals surface area (Å²) in [4.78, 5) is 23.3. The summed E-state index contributed by atoms with van der Waals surface area (Å²) in [5.74, 6) is -0.267. The van der Waals surface area contributed by atoms with E-state index in [4.69, 9.17) is 9.05 Å². The quantitative estimate of drug-likeness (QED) is 0.0207. The number of quaternary nitrogens is 1. The number of phosphoric ester groups is 1. The van der Waals surface area contributed by atoms with Crippen molar-refractivity contribution in [3.8, 4) is 0 Å². The molecule has 0 aliphatic carbocycles. The van der Waals surface area contributed by atoms with Crippen LogP contribution < -0.4 is 5.32 Å². The van der Waals surface area contributed by atoms with Gasteiger partial charge in [-0.3, -0.25) is 13.8 Å². The molecule has 0 heterocycles. The van der Waals surface area contributed by atoms with Gasteiger partial charge in [-0.2, -0.15) is 0 Å². The van der Waals surface area contributed by atoms with Gasteiger partial charge >= 0.3 is 7.82 Å². The van der Waals surface area contributed by atoms with Crippen LogP contribution in [-0.2, 0) is 18.4 Å². The van der Waals surface area contributed by atoms with E-state index in [1.165, 1.54) is 250 Å². The average molecular weight is 1110 g/mol. The number of hydrogen-bond donors (Lipinski definition) is 4. The predicted molar refractivity (Wildman–Crippen MR) is 334 cm³/mol. The maximum Gasteiger partial charge on any atom is 0.472 e. The number of unbranched alkanes of at least 4 members (excludes halogenated alkanes) is 42. The maximum absolute atomic E-state index is 13.0. The topological polar surface area (TPSA) is 125 Å². The molecule has 0 bridgehead atoms. The maximum atomic E-state index is 13.0. The zero-order valence-corrected chi connectivity index (χ0v) is 52.7. The standard InChI is InChI=1S/C67H131N2O7P/c1-6-8-10-12-14-16-18-20-21-22-23-24-25-26-27-28-29-30-31-32-33-34-35-36-37-38-39-40-41-42-43-44-45-46-47-48-50-52-54-56-58-60-66(71)68-64(63-76-77(73,74)75-62-61-69(3,4)5)67(72)65(70)59-57-55-53-51-49-19-17-15-13-11-9-7-2/h15,17,22-23,51,53,64-65,67,70,72H,6-14,16,18-21,24-50,52,54-63H2,1-5H3,(H-,68,71,73,74)/p+1/b17-15+,23-22-,53-51+. The Hall–Kier alpha value is -1.32. The number of allylic oxidation sites excluding steroid dienone is 6. The number of phosphoric acid groups is 1. The molecule has 1 amide bonds. The van der Waals surface area contributed by atoms with E-state index in [9.17, 15) is 24.5 Å². The third-order valence-electron chi connectivity index (χ3n) is 15.4. The van der Waals surface area contributed by atoms with E-state index in [1.807, 2.05) is 21.1 Å². The minimum Gasteiger partial charge on any atom is -0.390 e. The van der Waals surface area contributed by atoms with Gasteiger partial charge in [-0.25, -0.2) is 4.57 Å². The van der Waals surface area contributed by atoms with E-state index in [0.29, 0.717) is 23.9 Å². The Labute approximate surface area is 479 Å². The molecule has 0 aliphatic rings. The van der Waals surface area contributed by atoms with E-state index < -0.39 is 32.7 Å². The van der Waals surface area contributed by atoms with Gasteiger partial charge in [-0.1, -0.05) is 281 Å². The van der Waals surface area contributed by atoms with E-state index in [2.05, 4.69) is 55.6 Å². The van der Waals surface area contributed by atoms with Crippen molar-refractivity contribution in [1.82, 2.24) is 5.32 Å². The monoisotopic (exact) mass is 1110 g/mol. The lowest BCUT2D eigenvalue weighted by atomic mass is 10.0. The molecule has 0 spiro atoms. The van der Waals surface area contributed by atoms with Crippen molar-refractivity contribution in [2.75, 3.05) is 40.9 Å². The fourth-order valence-corrected chi connectivity index (χ4v) is 10.9. The third-order valence-corrected chi connectivity index (χ3v) is 16.4. The van der Waals surface area contributed by atoms with Gasteiger partial charge in [0.05, 0.1) is 39.9 Å². The number of carbonyl (C=O) groups excluding carboxylic acids is 1. The molecule has 456 valence electrons. The first kappa shape index (κ1) is 75.7. The Bertz CT molecular complexity index is 1370. The summed E-state index contributed by atoms with van der Waals surface area (Å²) >= 11 is 0. The number of carbonyl (C=O) groups is 1. The summed E-state index contributed by atoms with van der Waals surface area (Å²) in [5.41, 5.74) is 0. The first-order chi connectivity index (χ1) is 37.4. The van der Waals surface area contributed by atoms with Crippen LogP contribution in [0.2, 0.25) is 0 Å². The summed E-state index contributed by atoms with van der Waals surface area (Å²) in [7, 11) is 1.42. The van der Waals surface area contributed by atoms with Crippen LogP contribution in [0.4, 0.5) is 0 Å². The second-order valence-corrected chi connectivity index (χ2v) is 25.8. The minimum atomic E-state index is -4.43. The number of nitrogens with one attached hydrogen (secondary N) is 1. The van der Waals surface area contributed by atoms with Crippen LogP contribution in [0.15, 0.2) is 36.5 Å². The van der Waals surface area contributed by atoms with Crippen molar-refractivity contribution in [3.05, 3.63) is 36.5 Å². The number of hydrogen-bond acceptors (Lipinski definition) is 6. The van der Waals surface area contributed by atoms with E-state index in [0.717, 1.165) is 44.9 Å². The van der Waals surface area contributed by atoms with E-state index in [1.54, 1.807) is 0 Å². The van der Waals surface area contributed by atoms with Crippen LogP contribution >= 0.6 is 7.82 Å². The lowest BCUT2D eigenvalue weighted by molar-refractivity contribution is -0.870. The molecule has 0 fully saturated rings. The van der Waals surface area contributed by atoms with Gasteiger partial charge in [0.15, 0.2) is 0 Å². The Morgan fingerprint density at radius 3 is 1.10 bits per heavy atom. The van der Waals surface area contributed by atoms with Crippen molar-refractivity contribution < 1.29 is 38.0 Å². The first-order valence-electron chi connectivity index (χ1n) is 33.4. The molecule has 0 aromatic carbocycles. The summed E-state index contributed by atoms with van der Waals surface area (Å²) in [6, 6.07) is -1.05. The largest absolute Gasteiger partial charge is 0.472 e. The Morgan fingerprint density at radius 1 is 0.442 bits per heavy atom. The molecule has 0 saturated heterocycles. The van der Waals surface area contributed by atoms with Gasteiger partial charge in [-0.05, 0) is 77.0 Å². The average Bonchev–Trinajstić information content (AvgIpc) is 3.39. The van der Waals surface area contributed by atoms with Crippen molar-refractivity contribution in [2.24, 2.45) is 0 Å². The Balaban J connectivity index is 3.87. The summed E-state index contributed by atoms with van der Waals surface area (Å²) in [5, 5.41) is 24.8. The van der Waals surface area contributed by atoms with Crippen molar-refractivity contribution >= 4 is 13.7 Å². The van der Waals surface area contributed by atoms with Crippen LogP contribution in [0.1, 0.15) is 328 Å². The van der Waals surface area contributed by atoms with Gasteiger partial charge in [0.25, 0.3) is 0 Å². The molecule has 10 heteroatoms. The predicted octanol–water partition coefficient (Wildman–Crippen LogP) is 19.9. The lowest BCUT2D eigenvalue weighted by Gasteiger charge is -2.28. The van der Waals surface area contributed by atoms with Gasteiger partial charge in [0.1, 0.15) is 19.3 Å². The molecule has 4 atom stereocenters. The molecule has 0 saturated carbocycles. The molecule has 0 aromatic heterocycles. The normalized spacial score (nSPS) is 14.3. The summed E-state index contributed by atoms with van der Waals surface area (Å²) < 4.78 is 23.6. The fraction of sp³-hybridized carbons (Fsp3) is 0.896. The van der Waals surface area contributed by atoms with E-state index >= 15 is 0 Å². The summed E-state index contributed by atoms with van der Waals surface area (Å²) in [6.45, 7) is 4.58. The van der Waals surface area contributed by atoms with Gasteiger partial charge in [-0.15, -0.1) is 0 Å². The molecule has 77 heavy (non-hydrogen) atoms. The van der Waals surface area contributed by atoms with Gasteiger partial charge < -0.3 is 24.9 Å². The highest BCUT2D eigenvalue weighted by Crippen LogP contribution is 2.43. The highest BCUT2D eigenvalue weighted by Gasteiger charge is 2.32. The molecule has 4 unspecified atom stereocenters. The zero-order chi connectivity index (χ0) is 56.4. The number of amides is 1. The van der Waals surface area contributed by atoms with Crippen molar-refractivity contribution in [2.45, 2.75) is 347 Å². The summed E-state index contributed by atoms with van der Waals surface area (Å²) in [6.07, 6.45) is 73.1. The van der Waals surface area contributed by atoms with Crippen LogP contribution in [0.25, 0.3) is 0 Å². The highest BCUT2D eigenvalue weighted by molar-refractivity contribution is 7.47. The molecule has 9 nitrogen and oxygen atoms in total. The molecule has 0 aliphatic heterocycles. The second kappa shape index (κ2) is 57.9. The molecular weight excluding hydrogens is 976 g/mol. The van der Waals surface area contributed by atoms with Crippen LogP contribution in [0.5, 0.6) is 0 Å². The number of rotatable bonds is 62. The van der Waals surface area contributed by atoms with Gasteiger partial charge in [0, 0.05) is 6.42 Å². The lowest BCUT2D eigenvalue weighted by Crippen LogP contribution is -2.51. The fourth-order valence-electron chi connectivity index (χ4n) is 10.2. The highest BCUT2D eigenvalue weighted by atomic mass is 31.2. The zero-order valence-electron chi connectivity index (χ0n) is 51.8. The minimum absolute atomic E-state index is 0.0153. The van der Waals surface area contributed by atoms with Crippen molar-refractivity contribution in [1.29, 1.82) is 0 Å². The van der Waals surface area contributed by atoms with E-state index in [-0.39, 0.29) is 18.9 Å². The Kier molecular flexibility index (Phi) is 56.9. The molecule has 0 rings (SSSR count). The number of nitrogens with zero attached hydrogens (tertiary/aromatic N) is 1. The van der Waals surface area contributed by atoms with Gasteiger partial charge in [0.2, 0.25) is 5.91 Å². The third kappa shape index (κ3) is 59.1. The van der Waals surface area contributed by atoms with Crippen molar-refractivity contribution in [3.63, 3.8) is 0 Å². The number of aliphatic hydroxyl groups is 2. The molecule has 0 aromatic rings. The number of aliphatic hydroxyl groups excluding tert-OH is 2. The van der Waals surface area contributed by atoms with Crippen LogP contribution in [-0.4, -0.2) is 84.6 Å². The molecule has 0 radical (unpaired) electrons. The van der Waals surface area contributed by atoms with Crippen LogP contribution in [0.3, 0.4) is 0 Å². The SMILES string of the molecule is CCCCC/C=C/CC/C=C/CCCC(O)C(O)C(COP(=O)(O)OCC[N+](C)(C)C)NC(=O)CCCCCCCCCCCCCCCCCCCCCCCCCCCCCCC/C=C\CCCCCCCCCC. The first-order valence-corrected chi connectivity index (χ1v) is 34.9. The second-order valence-electron chi connectivity index (χ2n) is 24.3. The number of likely N-dealkylation sites (N-methyl/N-ethyl adjacent to an activating group) is 1. The van der Waals surface area contributed by atoms with Crippen LogP contribution in [0, 0.1) is 0 Å². The smallest absolute Gasteiger partial charge is 0.390 e. The molecule has 4 N–H and O–H groups in total. The molecular formula is C67H132N2O7P+. The Morgan fingerprint density at radius 2 is 0.740 bits per heavy atom.